The fourth-order valence-corrected chi connectivity index (χ4v) is 3.20. The van der Waals surface area contributed by atoms with Crippen LogP contribution in [0.3, 0.4) is 0 Å². The molecular formula is C15H22N4O3S. The van der Waals surface area contributed by atoms with Crippen molar-refractivity contribution in [1.82, 2.24) is 20.1 Å². The van der Waals surface area contributed by atoms with Gasteiger partial charge in [0.2, 0.25) is 5.91 Å². The third-order valence-corrected chi connectivity index (χ3v) is 4.66. The highest BCUT2D eigenvalue weighted by atomic mass is 32.1. The molecule has 7 nitrogen and oxygen atoms in total. The predicted molar refractivity (Wildman–Crippen MR) is 87.0 cm³/mol. The van der Waals surface area contributed by atoms with Crippen LogP contribution in [-0.2, 0) is 21.5 Å². The molecule has 126 valence electrons. The molecule has 2 heterocycles. The van der Waals surface area contributed by atoms with Gasteiger partial charge in [-0.15, -0.1) is 11.3 Å². The lowest BCUT2D eigenvalue weighted by atomic mass is 9.93. The van der Waals surface area contributed by atoms with Crippen LogP contribution in [0, 0.1) is 0 Å². The molecule has 2 rings (SSSR count). The molecule has 1 aliphatic heterocycles. The molecule has 0 spiro atoms. The summed E-state index contributed by atoms with van der Waals surface area (Å²) < 4.78 is 0. The van der Waals surface area contributed by atoms with Crippen molar-refractivity contribution in [3.63, 3.8) is 0 Å². The summed E-state index contributed by atoms with van der Waals surface area (Å²) in [5.74, 6) is -0.622. The van der Waals surface area contributed by atoms with Crippen molar-refractivity contribution >= 4 is 29.2 Å². The number of rotatable bonds is 4. The first-order valence-electron chi connectivity index (χ1n) is 7.37. The number of aromatic nitrogens is 1. The van der Waals surface area contributed by atoms with Gasteiger partial charge in [-0.25, -0.2) is 9.78 Å². The molecule has 1 saturated heterocycles. The first-order valence-corrected chi connectivity index (χ1v) is 8.25. The average Bonchev–Trinajstić information content (AvgIpc) is 3.02. The Balaban J connectivity index is 1.90. The van der Waals surface area contributed by atoms with Crippen LogP contribution in [0.1, 0.15) is 37.9 Å². The van der Waals surface area contributed by atoms with E-state index in [9.17, 15) is 14.4 Å². The maximum atomic E-state index is 12.0. The Morgan fingerprint density at radius 1 is 1.35 bits per heavy atom. The number of hydrogen-bond donors (Lipinski definition) is 1. The van der Waals surface area contributed by atoms with Crippen LogP contribution in [-0.4, -0.2) is 52.8 Å². The topological polar surface area (TPSA) is 82.6 Å². The van der Waals surface area contributed by atoms with Gasteiger partial charge in [0.25, 0.3) is 5.91 Å². The zero-order chi connectivity index (χ0) is 17.4. The van der Waals surface area contributed by atoms with E-state index >= 15 is 0 Å². The molecule has 4 amide bonds. The summed E-state index contributed by atoms with van der Waals surface area (Å²) in [6.45, 7) is 6.58. The maximum Gasteiger partial charge on any atom is 0.326 e. The molecule has 1 aliphatic rings. The average molecular weight is 338 g/mol. The molecule has 0 radical (unpaired) electrons. The van der Waals surface area contributed by atoms with E-state index in [2.05, 4.69) is 31.1 Å². The number of nitrogens with one attached hydrogen (secondary N) is 1. The summed E-state index contributed by atoms with van der Waals surface area (Å²) in [6.07, 6.45) is -0.0388. The highest BCUT2D eigenvalue weighted by Crippen LogP contribution is 2.23. The summed E-state index contributed by atoms with van der Waals surface area (Å²) >= 11 is 1.50. The standard InChI is InChI=1S/C15H22N4O3S/c1-15(2,3)10-8-23-12(17-10)7-16-11(20)6-9-13(21)19(5)14(22)18(9)4/h8-9H,6-7H2,1-5H3,(H,16,20)/t9-/m0/s1. The van der Waals surface area contributed by atoms with Crippen molar-refractivity contribution in [2.45, 2.75) is 45.2 Å². The van der Waals surface area contributed by atoms with Gasteiger partial charge in [-0.1, -0.05) is 20.8 Å². The summed E-state index contributed by atoms with van der Waals surface area (Å²) in [7, 11) is 2.95. The van der Waals surface area contributed by atoms with Crippen LogP contribution in [0.4, 0.5) is 4.79 Å². The number of hydrogen-bond acceptors (Lipinski definition) is 5. The Bertz CT molecular complexity index is 635. The number of urea groups is 1. The lowest BCUT2D eigenvalue weighted by molar-refractivity contribution is -0.131. The summed E-state index contributed by atoms with van der Waals surface area (Å²) in [5.41, 5.74) is 0.965. The second-order valence-corrected chi connectivity index (χ2v) is 7.61. The van der Waals surface area contributed by atoms with Gasteiger partial charge in [-0.05, 0) is 0 Å². The molecular weight excluding hydrogens is 316 g/mol. The van der Waals surface area contributed by atoms with E-state index in [0.29, 0.717) is 6.54 Å². The molecule has 0 bridgehead atoms. The molecule has 0 saturated carbocycles. The molecule has 23 heavy (non-hydrogen) atoms. The Kier molecular flexibility index (Phi) is 4.74. The smallest absolute Gasteiger partial charge is 0.326 e. The lowest BCUT2D eigenvalue weighted by Gasteiger charge is -2.15. The number of imide groups is 1. The van der Waals surface area contributed by atoms with Crippen LogP contribution < -0.4 is 5.32 Å². The zero-order valence-corrected chi connectivity index (χ0v) is 14.9. The van der Waals surface area contributed by atoms with Crippen LogP contribution in [0.25, 0.3) is 0 Å². The SMILES string of the molecule is CN1C(=O)[C@H](CC(=O)NCc2nc(C(C)(C)C)cs2)N(C)C1=O. The van der Waals surface area contributed by atoms with Gasteiger partial charge < -0.3 is 10.2 Å². The molecule has 1 atom stereocenters. The summed E-state index contributed by atoms with van der Waals surface area (Å²) in [4.78, 5) is 42.5. The molecule has 1 aromatic rings. The summed E-state index contributed by atoms with van der Waals surface area (Å²) in [6, 6.07) is -1.11. The highest BCUT2D eigenvalue weighted by Gasteiger charge is 2.41. The van der Waals surface area contributed by atoms with E-state index in [1.54, 1.807) is 0 Å². The van der Waals surface area contributed by atoms with E-state index in [0.717, 1.165) is 15.6 Å². The van der Waals surface area contributed by atoms with Gasteiger partial charge in [-0.3, -0.25) is 14.5 Å². The predicted octanol–water partition coefficient (Wildman–Crippen LogP) is 1.34. The van der Waals surface area contributed by atoms with Crippen molar-refractivity contribution in [2.75, 3.05) is 14.1 Å². The lowest BCUT2D eigenvalue weighted by Crippen LogP contribution is -2.37. The second kappa shape index (κ2) is 6.27. The van der Waals surface area contributed by atoms with E-state index in [4.69, 9.17) is 0 Å². The van der Waals surface area contributed by atoms with E-state index in [1.165, 1.54) is 30.3 Å². The molecule has 0 aromatic carbocycles. The van der Waals surface area contributed by atoms with Gasteiger partial charge in [-0.2, -0.15) is 0 Å². The van der Waals surface area contributed by atoms with Crippen molar-refractivity contribution in [2.24, 2.45) is 0 Å². The van der Waals surface area contributed by atoms with Gasteiger partial charge in [0.1, 0.15) is 11.0 Å². The monoisotopic (exact) mass is 338 g/mol. The molecule has 0 aliphatic carbocycles. The minimum absolute atomic E-state index is 0.0251. The fourth-order valence-electron chi connectivity index (χ4n) is 2.24. The number of carbonyl (C=O) groups excluding carboxylic acids is 3. The van der Waals surface area contributed by atoms with Crippen molar-refractivity contribution < 1.29 is 14.4 Å². The Morgan fingerprint density at radius 2 is 2.00 bits per heavy atom. The third-order valence-electron chi connectivity index (χ3n) is 3.81. The number of nitrogens with zero attached hydrogens (tertiary/aromatic N) is 3. The van der Waals surface area contributed by atoms with Gasteiger partial charge in [0.05, 0.1) is 18.7 Å². The Hall–Kier alpha value is -1.96. The first kappa shape index (κ1) is 17.4. The highest BCUT2D eigenvalue weighted by molar-refractivity contribution is 7.09. The van der Waals surface area contributed by atoms with Gasteiger partial charge in [0, 0.05) is 24.9 Å². The third kappa shape index (κ3) is 3.69. The second-order valence-electron chi connectivity index (χ2n) is 6.66. The van der Waals surface area contributed by atoms with Crippen molar-refractivity contribution in [3.8, 4) is 0 Å². The minimum atomic E-state index is -0.728. The van der Waals surface area contributed by atoms with E-state index < -0.39 is 6.04 Å². The number of carbonyl (C=O) groups is 3. The normalized spacial score (nSPS) is 18.7. The quantitative estimate of drug-likeness (QED) is 0.840. The molecule has 1 fully saturated rings. The number of likely N-dealkylation sites (N-methyl/N-ethyl adjacent to an activating group) is 2. The number of amides is 4. The van der Waals surface area contributed by atoms with Crippen LogP contribution in [0.2, 0.25) is 0 Å². The van der Waals surface area contributed by atoms with Crippen molar-refractivity contribution in [1.29, 1.82) is 0 Å². The minimum Gasteiger partial charge on any atom is -0.350 e. The largest absolute Gasteiger partial charge is 0.350 e. The molecule has 1 aromatic heterocycles. The zero-order valence-electron chi connectivity index (χ0n) is 14.0. The summed E-state index contributed by atoms with van der Waals surface area (Å²) in [5, 5.41) is 5.57. The number of thiazole rings is 1. The van der Waals surface area contributed by atoms with Crippen LogP contribution in [0.5, 0.6) is 0 Å². The Labute approximate surface area is 139 Å². The maximum absolute atomic E-state index is 12.0. The first-order chi connectivity index (χ1) is 10.6. The van der Waals surface area contributed by atoms with E-state index in [-0.39, 0.29) is 29.7 Å². The Morgan fingerprint density at radius 3 is 2.48 bits per heavy atom. The molecule has 0 unspecified atom stereocenters. The van der Waals surface area contributed by atoms with Crippen molar-refractivity contribution in [3.05, 3.63) is 16.1 Å². The molecule has 8 heteroatoms. The van der Waals surface area contributed by atoms with E-state index in [1.807, 2.05) is 5.38 Å². The van der Waals surface area contributed by atoms with Gasteiger partial charge in [0.15, 0.2) is 0 Å². The molecule has 1 N–H and O–H groups in total. The van der Waals surface area contributed by atoms with Crippen LogP contribution >= 0.6 is 11.3 Å². The fraction of sp³-hybridized carbons (Fsp3) is 0.600. The van der Waals surface area contributed by atoms with Gasteiger partial charge >= 0.3 is 6.03 Å². The van der Waals surface area contributed by atoms with Crippen LogP contribution in [0.15, 0.2) is 5.38 Å².